The van der Waals surface area contributed by atoms with E-state index in [-0.39, 0.29) is 11.8 Å². The molecule has 2 aromatic rings. The zero-order chi connectivity index (χ0) is 18.2. The normalized spacial score (nSPS) is 15.6. The number of benzene rings is 2. The van der Waals surface area contributed by atoms with Gasteiger partial charge in [0.1, 0.15) is 0 Å². The first-order valence-electron chi connectivity index (χ1n) is 9.10. The minimum Gasteiger partial charge on any atom is -0.352 e. The van der Waals surface area contributed by atoms with E-state index in [1.54, 1.807) is 12.1 Å². The lowest BCUT2D eigenvalue weighted by Gasteiger charge is -2.13. The van der Waals surface area contributed by atoms with Gasteiger partial charge in [-0.05, 0) is 42.9 Å². The van der Waals surface area contributed by atoms with Gasteiger partial charge in [0.05, 0.1) is 11.3 Å². The molecule has 1 aliphatic rings. The zero-order valence-corrected chi connectivity index (χ0v) is 14.8. The molecule has 0 bridgehead atoms. The predicted molar refractivity (Wildman–Crippen MR) is 104 cm³/mol. The van der Waals surface area contributed by atoms with E-state index >= 15 is 0 Å². The summed E-state index contributed by atoms with van der Waals surface area (Å²) in [5.41, 5.74) is 2.24. The number of allylic oxidation sites excluding steroid dienone is 2. The molecular formula is C22H24N2O2. The first kappa shape index (κ1) is 17.9. The third-order valence-electron chi connectivity index (χ3n) is 4.55. The average molecular weight is 348 g/mol. The molecule has 0 aromatic heterocycles. The summed E-state index contributed by atoms with van der Waals surface area (Å²) in [7, 11) is 0. The molecule has 1 aliphatic carbocycles. The number of amides is 2. The van der Waals surface area contributed by atoms with Crippen molar-refractivity contribution >= 4 is 17.5 Å². The van der Waals surface area contributed by atoms with Crippen molar-refractivity contribution in [3.05, 3.63) is 77.9 Å². The second-order valence-corrected chi connectivity index (χ2v) is 6.55. The van der Waals surface area contributed by atoms with Crippen LogP contribution in [0.2, 0.25) is 0 Å². The highest BCUT2D eigenvalue weighted by molar-refractivity contribution is 6.03. The van der Waals surface area contributed by atoms with Gasteiger partial charge in [0, 0.05) is 13.0 Å². The van der Waals surface area contributed by atoms with E-state index in [0.29, 0.717) is 30.1 Å². The minimum absolute atomic E-state index is 0.0499. The van der Waals surface area contributed by atoms with Crippen molar-refractivity contribution in [3.8, 4) is 0 Å². The number of carbonyl (C=O) groups is 2. The summed E-state index contributed by atoms with van der Waals surface area (Å²) < 4.78 is 0. The molecule has 0 spiro atoms. The molecule has 0 heterocycles. The van der Waals surface area contributed by atoms with Crippen LogP contribution in [0.15, 0.2) is 66.7 Å². The summed E-state index contributed by atoms with van der Waals surface area (Å²) in [6, 6.07) is 17.2. The van der Waals surface area contributed by atoms with Crippen LogP contribution in [0.3, 0.4) is 0 Å². The van der Waals surface area contributed by atoms with Gasteiger partial charge >= 0.3 is 0 Å². The highest BCUT2D eigenvalue weighted by Crippen LogP contribution is 2.22. The van der Waals surface area contributed by atoms with Crippen molar-refractivity contribution in [2.45, 2.75) is 25.7 Å². The fourth-order valence-electron chi connectivity index (χ4n) is 3.16. The number of hydrogen-bond donors (Lipinski definition) is 2. The van der Waals surface area contributed by atoms with Gasteiger partial charge in [-0.25, -0.2) is 0 Å². The van der Waals surface area contributed by atoms with Crippen LogP contribution in [0.5, 0.6) is 0 Å². The van der Waals surface area contributed by atoms with Gasteiger partial charge in [-0.2, -0.15) is 0 Å². The van der Waals surface area contributed by atoms with E-state index in [1.807, 2.05) is 42.5 Å². The van der Waals surface area contributed by atoms with Gasteiger partial charge in [-0.1, -0.05) is 54.6 Å². The fourth-order valence-corrected chi connectivity index (χ4v) is 3.16. The number of nitrogens with one attached hydrogen (secondary N) is 2. The molecule has 0 radical (unpaired) electrons. The maximum atomic E-state index is 12.5. The van der Waals surface area contributed by atoms with Crippen molar-refractivity contribution < 1.29 is 9.59 Å². The molecule has 2 N–H and O–H groups in total. The topological polar surface area (TPSA) is 58.2 Å². The van der Waals surface area contributed by atoms with Crippen molar-refractivity contribution in [1.29, 1.82) is 0 Å². The fraction of sp³-hybridized carbons (Fsp3) is 0.273. The van der Waals surface area contributed by atoms with Crippen LogP contribution in [-0.4, -0.2) is 18.4 Å². The molecule has 26 heavy (non-hydrogen) atoms. The first-order chi connectivity index (χ1) is 12.7. The number of rotatable bonds is 7. The van der Waals surface area contributed by atoms with Crippen LogP contribution in [0.25, 0.3) is 0 Å². The monoisotopic (exact) mass is 348 g/mol. The second kappa shape index (κ2) is 8.99. The Morgan fingerprint density at radius 3 is 2.54 bits per heavy atom. The maximum absolute atomic E-state index is 12.5. The van der Waals surface area contributed by atoms with E-state index in [9.17, 15) is 9.59 Å². The summed E-state index contributed by atoms with van der Waals surface area (Å²) in [4.78, 5) is 24.8. The largest absolute Gasteiger partial charge is 0.352 e. The van der Waals surface area contributed by atoms with Crippen LogP contribution in [0, 0.1) is 5.92 Å². The molecular weight excluding hydrogens is 324 g/mol. The lowest BCUT2D eigenvalue weighted by molar-refractivity contribution is -0.116. The Hall–Kier alpha value is -2.88. The van der Waals surface area contributed by atoms with E-state index in [1.165, 1.54) is 5.56 Å². The summed E-state index contributed by atoms with van der Waals surface area (Å²) in [5.74, 6) is 0.0885. The molecule has 0 saturated carbocycles. The SMILES string of the molecule is O=C(CC1C=CCC1)Nc1ccccc1C(=O)NCCc1ccccc1. The Balaban J connectivity index is 1.56. The predicted octanol–water partition coefficient (Wildman–Crippen LogP) is 3.95. The molecule has 3 rings (SSSR count). The van der Waals surface area contributed by atoms with E-state index in [4.69, 9.17) is 0 Å². The quantitative estimate of drug-likeness (QED) is 0.744. The number of para-hydroxylation sites is 1. The molecule has 2 aromatic carbocycles. The van der Waals surface area contributed by atoms with Gasteiger partial charge in [0.2, 0.25) is 5.91 Å². The number of carbonyl (C=O) groups excluding carboxylic acids is 2. The van der Waals surface area contributed by atoms with Crippen LogP contribution >= 0.6 is 0 Å². The smallest absolute Gasteiger partial charge is 0.253 e. The highest BCUT2D eigenvalue weighted by atomic mass is 16.2. The van der Waals surface area contributed by atoms with Crippen molar-refractivity contribution in [3.63, 3.8) is 0 Å². The van der Waals surface area contributed by atoms with Gasteiger partial charge in [-0.15, -0.1) is 0 Å². The van der Waals surface area contributed by atoms with Crippen LogP contribution in [0.4, 0.5) is 5.69 Å². The Morgan fingerprint density at radius 1 is 1.00 bits per heavy atom. The summed E-state index contributed by atoms with van der Waals surface area (Å²) in [5, 5.41) is 5.83. The van der Waals surface area contributed by atoms with E-state index in [0.717, 1.165) is 19.3 Å². The molecule has 1 atom stereocenters. The molecule has 4 nitrogen and oxygen atoms in total. The first-order valence-corrected chi connectivity index (χ1v) is 9.10. The summed E-state index contributed by atoms with van der Waals surface area (Å²) >= 11 is 0. The molecule has 0 saturated heterocycles. The Morgan fingerprint density at radius 2 is 1.77 bits per heavy atom. The van der Waals surface area contributed by atoms with Crippen LogP contribution in [0.1, 0.15) is 35.2 Å². The number of anilines is 1. The van der Waals surface area contributed by atoms with Crippen molar-refractivity contribution in [2.75, 3.05) is 11.9 Å². The van der Waals surface area contributed by atoms with Gasteiger partial charge in [0.25, 0.3) is 5.91 Å². The highest BCUT2D eigenvalue weighted by Gasteiger charge is 2.16. The van der Waals surface area contributed by atoms with Crippen molar-refractivity contribution in [1.82, 2.24) is 5.32 Å². The minimum atomic E-state index is -0.169. The lowest BCUT2D eigenvalue weighted by atomic mass is 10.0. The summed E-state index contributed by atoms with van der Waals surface area (Å²) in [6.07, 6.45) is 7.51. The third kappa shape index (κ3) is 5.06. The maximum Gasteiger partial charge on any atom is 0.253 e. The number of hydrogen-bond acceptors (Lipinski definition) is 2. The molecule has 4 heteroatoms. The Bertz CT molecular complexity index is 784. The molecule has 0 fully saturated rings. The average Bonchev–Trinajstić information content (AvgIpc) is 3.16. The second-order valence-electron chi connectivity index (χ2n) is 6.55. The van der Waals surface area contributed by atoms with E-state index < -0.39 is 0 Å². The standard InChI is InChI=1S/C22H24N2O2/c25-21(16-18-10-4-5-11-18)24-20-13-7-6-12-19(20)22(26)23-15-14-17-8-2-1-3-9-17/h1-4,6-10,12-13,18H,5,11,14-16H2,(H,23,26)(H,24,25). The van der Waals surface area contributed by atoms with E-state index in [2.05, 4.69) is 22.8 Å². The molecule has 134 valence electrons. The zero-order valence-electron chi connectivity index (χ0n) is 14.8. The Kier molecular flexibility index (Phi) is 6.20. The lowest BCUT2D eigenvalue weighted by Crippen LogP contribution is -2.27. The van der Waals surface area contributed by atoms with Gasteiger partial charge in [0.15, 0.2) is 0 Å². The summed E-state index contributed by atoms with van der Waals surface area (Å²) in [6.45, 7) is 0.554. The van der Waals surface area contributed by atoms with Crippen molar-refractivity contribution in [2.24, 2.45) is 5.92 Å². The molecule has 1 unspecified atom stereocenters. The van der Waals surface area contributed by atoms with Crippen LogP contribution in [-0.2, 0) is 11.2 Å². The van der Waals surface area contributed by atoms with Gasteiger partial charge < -0.3 is 10.6 Å². The third-order valence-corrected chi connectivity index (χ3v) is 4.55. The van der Waals surface area contributed by atoms with Crippen LogP contribution < -0.4 is 10.6 Å². The molecule has 2 amide bonds. The molecule has 0 aliphatic heterocycles. The van der Waals surface area contributed by atoms with Gasteiger partial charge in [-0.3, -0.25) is 9.59 Å². The Labute approximate surface area is 154 Å².